The van der Waals surface area contributed by atoms with Gasteiger partial charge in [-0.3, -0.25) is 0 Å². The Bertz CT molecular complexity index is 479. The van der Waals surface area contributed by atoms with E-state index in [2.05, 4.69) is 15.3 Å². The van der Waals surface area contributed by atoms with Gasteiger partial charge in [-0.25, -0.2) is 4.79 Å². The van der Waals surface area contributed by atoms with Gasteiger partial charge in [-0.2, -0.15) is 0 Å². The molecular formula is C9H9N3O. The third kappa shape index (κ3) is 0.922. The van der Waals surface area contributed by atoms with E-state index in [9.17, 15) is 4.79 Å². The zero-order valence-corrected chi connectivity index (χ0v) is 6.98. The largest absolute Gasteiger partial charge is 0.323 e. The Morgan fingerprint density at radius 1 is 1.00 bits per heavy atom. The van der Waals surface area contributed by atoms with Gasteiger partial charge in [0.05, 0.1) is 11.0 Å². The summed E-state index contributed by atoms with van der Waals surface area (Å²) in [6, 6.07) is 4.06. The first-order chi connectivity index (χ1) is 6.33. The zero-order chi connectivity index (χ0) is 8.84. The number of aromatic amines is 2. The number of benzene rings is 1. The normalized spacial score (nSPS) is 15.1. The molecule has 2 aromatic rings. The summed E-state index contributed by atoms with van der Waals surface area (Å²) in [7, 11) is 0. The van der Waals surface area contributed by atoms with Crippen LogP contribution in [0.3, 0.4) is 0 Å². The van der Waals surface area contributed by atoms with E-state index in [1.165, 1.54) is 11.1 Å². The van der Waals surface area contributed by atoms with Crippen LogP contribution in [0, 0.1) is 0 Å². The van der Waals surface area contributed by atoms with Gasteiger partial charge in [0.2, 0.25) is 0 Å². The summed E-state index contributed by atoms with van der Waals surface area (Å²) in [6.07, 6.45) is 0. The van der Waals surface area contributed by atoms with Crippen molar-refractivity contribution in [2.75, 3.05) is 0 Å². The van der Waals surface area contributed by atoms with E-state index in [1.807, 2.05) is 12.1 Å². The monoisotopic (exact) mass is 175 g/mol. The van der Waals surface area contributed by atoms with Crippen molar-refractivity contribution < 1.29 is 0 Å². The van der Waals surface area contributed by atoms with Gasteiger partial charge in [0.15, 0.2) is 0 Å². The Kier molecular flexibility index (Phi) is 1.19. The van der Waals surface area contributed by atoms with Crippen molar-refractivity contribution in [3.63, 3.8) is 0 Å². The molecule has 4 nitrogen and oxygen atoms in total. The van der Waals surface area contributed by atoms with Crippen molar-refractivity contribution in [3.8, 4) is 0 Å². The maximum atomic E-state index is 11.0. The van der Waals surface area contributed by atoms with Crippen LogP contribution in [-0.2, 0) is 13.1 Å². The molecule has 3 rings (SSSR count). The van der Waals surface area contributed by atoms with E-state index in [0.29, 0.717) is 0 Å². The lowest BCUT2D eigenvalue weighted by Crippen LogP contribution is -2.00. The van der Waals surface area contributed by atoms with Gasteiger partial charge in [0.25, 0.3) is 0 Å². The maximum absolute atomic E-state index is 11.0. The molecule has 13 heavy (non-hydrogen) atoms. The number of aromatic nitrogens is 2. The highest BCUT2D eigenvalue weighted by Crippen LogP contribution is 2.19. The second kappa shape index (κ2) is 2.23. The van der Waals surface area contributed by atoms with Crippen LogP contribution in [0.1, 0.15) is 11.1 Å². The van der Waals surface area contributed by atoms with E-state index < -0.39 is 0 Å². The summed E-state index contributed by atoms with van der Waals surface area (Å²) in [6.45, 7) is 1.80. The van der Waals surface area contributed by atoms with E-state index in [-0.39, 0.29) is 5.69 Å². The lowest BCUT2D eigenvalue weighted by Gasteiger charge is -1.96. The number of hydrogen-bond donors (Lipinski definition) is 3. The van der Waals surface area contributed by atoms with E-state index in [0.717, 1.165) is 24.1 Å². The Labute approximate surface area is 74.0 Å². The molecule has 0 fully saturated rings. The molecule has 1 aromatic carbocycles. The molecular weight excluding hydrogens is 166 g/mol. The van der Waals surface area contributed by atoms with Crippen molar-refractivity contribution >= 4 is 11.0 Å². The van der Waals surface area contributed by atoms with Crippen LogP contribution in [0.5, 0.6) is 0 Å². The Balaban J connectivity index is 2.41. The van der Waals surface area contributed by atoms with Crippen LogP contribution in [-0.4, -0.2) is 9.97 Å². The second-order valence-corrected chi connectivity index (χ2v) is 3.35. The van der Waals surface area contributed by atoms with Crippen LogP contribution >= 0.6 is 0 Å². The van der Waals surface area contributed by atoms with E-state index in [1.54, 1.807) is 0 Å². The highest BCUT2D eigenvalue weighted by Gasteiger charge is 2.11. The fraction of sp³-hybridized carbons (Fsp3) is 0.222. The third-order valence-electron chi connectivity index (χ3n) is 2.47. The summed E-state index contributed by atoms with van der Waals surface area (Å²) in [5.41, 5.74) is 4.22. The van der Waals surface area contributed by atoms with E-state index >= 15 is 0 Å². The lowest BCUT2D eigenvalue weighted by atomic mass is 10.1. The molecule has 0 aliphatic carbocycles. The van der Waals surface area contributed by atoms with Gasteiger partial charge in [-0.15, -0.1) is 0 Å². The molecule has 0 saturated heterocycles. The molecule has 0 unspecified atom stereocenters. The fourth-order valence-corrected chi connectivity index (χ4v) is 1.83. The summed E-state index contributed by atoms with van der Waals surface area (Å²) in [4.78, 5) is 16.5. The molecule has 0 radical (unpaired) electrons. The van der Waals surface area contributed by atoms with Crippen LogP contribution in [0.15, 0.2) is 16.9 Å². The fourth-order valence-electron chi connectivity index (χ4n) is 1.83. The Morgan fingerprint density at radius 2 is 1.54 bits per heavy atom. The summed E-state index contributed by atoms with van der Waals surface area (Å²) >= 11 is 0. The Hall–Kier alpha value is -1.55. The SMILES string of the molecule is O=c1[nH]c2cc3c(cc2[nH]1)CNC3. The molecule has 2 heterocycles. The van der Waals surface area contributed by atoms with Gasteiger partial charge < -0.3 is 15.3 Å². The molecule has 0 saturated carbocycles. The number of hydrogen-bond acceptors (Lipinski definition) is 2. The second-order valence-electron chi connectivity index (χ2n) is 3.35. The Morgan fingerprint density at radius 3 is 2.08 bits per heavy atom. The molecule has 1 aromatic heterocycles. The van der Waals surface area contributed by atoms with Gasteiger partial charge in [-0.05, 0) is 23.3 Å². The maximum Gasteiger partial charge on any atom is 0.323 e. The lowest BCUT2D eigenvalue weighted by molar-refractivity contribution is 0.765. The van der Waals surface area contributed by atoms with Crippen LogP contribution in [0.4, 0.5) is 0 Å². The number of rotatable bonds is 0. The smallest absolute Gasteiger partial charge is 0.309 e. The average Bonchev–Trinajstić information content (AvgIpc) is 2.63. The number of H-pyrrole nitrogens is 2. The standard InChI is InChI=1S/C9H9N3O/c13-9-11-7-1-5-3-10-4-6(5)2-8(7)12-9/h1-2,10H,3-4H2,(H2,11,12,13). The molecule has 0 atom stereocenters. The van der Waals surface area contributed by atoms with Crippen molar-refractivity contribution in [3.05, 3.63) is 33.7 Å². The first-order valence-corrected chi connectivity index (χ1v) is 4.27. The molecule has 0 spiro atoms. The minimum atomic E-state index is -0.133. The summed E-state index contributed by atoms with van der Waals surface area (Å²) in [5, 5.41) is 3.26. The predicted molar refractivity (Wildman–Crippen MR) is 49.5 cm³/mol. The van der Waals surface area contributed by atoms with E-state index in [4.69, 9.17) is 0 Å². The number of fused-ring (bicyclic) bond motifs is 2. The van der Waals surface area contributed by atoms with Gasteiger partial charge in [0, 0.05) is 13.1 Å². The predicted octanol–water partition coefficient (Wildman–Crippen LogP) is 0.459. The topological polar surface area (TPSA) is 60.7 Å². The number of nitrogens with one attached hydrogen (secondary N) is 3. The minimum Gasteiger partial charge on any atom is -0.309 e. The van der Waals surface area contributed by atoms with Gasteiger partial charge in [0.1, 0.15) is 0 Å². The molecule has 1 aliphatic heterocycles. The molecule has 1 aliphatic rings. The average molecular weight is 175 g/mol. The van der Waals surface area contributed by atoms with Crippen molar-refractivity contribution in [2.45, 2.75) is 13.1 Å². The minimum absolute atomic E-state index is 0.133. The van der Waals surface area contributed by atoms with Crippen molar-refractivity contribution in [1.82, 2.24) is 15.3 Å². The molecule has 4 heteroatoms. The molecule has 3 N–H and O–H groups in total. The number of imidazole rings is 1. The quantitative estimate of drug-likeness (QED) is 0.544. The highest BCUT2D eigenvalue weighted by atomic mass is 16.1. The van der Waals surface area contributed by atoms with Crippen molar-refractivity contribution in [2.24, 2.45) is 0 Å². The van der Waals surface area contributed by atoms with Crippen LogP contribution < -0.4 is 11.0 Å². The van der Waals surface area contributed by atoms with Crippen molar-refractivity contribution in [1.29, 1.82) is 0 Å². The third-order valence-corrected chi connectivity index (χ3v) is 2.47. The highest BCUT2D eigenvalue weighted by molar-refractivity contribution is 5.76. The molecule has 66 valence electrons. The van der Waals surface area contributed by atoms with Gasteiger partial charge in [-0.1, -0.05) is 0 Å². The molecule has 0 bridgehead atoms. The summed E-state index contributed by atoms with van der Waals surface area (Å²) < 4.78 is 0. The first-order valence-electron chi connectivity index (χ1n) is 4.27. The summed E-state index contributed by atoms with van der Waals surface area (Å²) in [5.74, 6) is 0. The first kappa shape index (κ1) is 6.91. The van der Waals surface area contributed by atoms with Gasteiger partial charge >= 0.3 is 5.69 Å². The molecule has 0 amide bonds. The zero-order valence-electron chi connectivity index (χ0n) is 6.98. The van der Waals surface area contributed by atoms with Crippen LogP contribution in [0.25, 0.3) is 11.0 Å². The van der Waals surface area contributed by atoms with Crippen LogP contribution in [0.2, 0.25) is 0 Å².